The number of hydrogen-bond donors (Lipinski definition) is 1. The second-order valence-corrected chi connectivity index (χ2v) is 4.45. The Morgan fingerprint density at radius 3 is 2.36 bits per heavy atom. The molecule has 0 aliphatic rings. The Hall–Kier alpha value is -0.350. The van der Waals surface area contributed by atoms with Crippen LogP contribution in [0.25, 0.3) is 0 Å². The monoisotopic (exact) mass is 229 g/mol. The molecule has 78 valence electrons. The zero-order valence-corrected chi connectivity index (χ0v) is 10.9. The first-order valence-corrected chi connectivity index (χ1v) is 5.72. The van der Waals surface area contributed by atoms with Gasteiger partial charge in [-0.15, -0.1) is 12.6 Å². The highest BCUT2D eigenvalue weighted by atomic mass is 32.1. The molecule has 1 heterocycles. The third-order valence-electron chi connectivity index (χ3n) is 2.67. The highest BCUT2D eigenvalue weighted by molar-refractivity contribution is 8.11. The van der Waals surface area contributed by atoms with Gasteiger partial charge in [-0.3, -0.25) is 0 Å². The smallest absolute Gasteiger partial charge is 0.226 e. The highest BCUT2D eigenvalue weighted by Gasteiger charge is 2.25. The maximum atomic E-state index is 5.17. The molecule has 0 atom stereocenters. The lowest BCUT2D eigenvalue weighted by Crippen LogP contribution is -2.40. The molecule has 0 spiro atoms. The Morgan fingerprint density at radius 1 is 1.43 bits per heavy atom. The van der Waals surface area contributed by atoms with Crippen LogP contribution in [-0.4, -0.2) is 8.76 Å². The molecule has 0 saturated carbocycles. The van der Waals surface area contributed by atoms with Gasteiger partial charge in [-0.1, -0.05) is 12.2 Å². The van der Waals surface area contributed by atoms with Gasteiger partial charge in [0.05, 0.1) is 13.1 Å². The fourth-order valence-corrected chi connectivity index (χ4v) is 2.32. The number of rotatable bonds is 3. The molecule has 0 unspecified atom stereocenters. The van der Waals surface area contributed by atoms with E-state index >= 15 is 0 Å². The molecule has 0 bridgehead atoms. The highest BCUT2D eigenvalue weighted by Crippen LogP contribution is 2.11. The minimum Gasteiger partial charge on any atom is -0.226 e. The van der Waals surface area contributed by atoms with E-state index in [0.29, 0.717) is 4.20 Å². The first kappa shape index (κ1) is 11.7. The van der Waals surface area contributed by atoms with Crippen LogP contribution in [0.4, 0.5) is 0 Å². The van der Waals surface area contributed by atoms with E-state index in [-0.39, 0.29) is 0 Å². The second-order valence-electron chi connectivity index (χ2n) is 3.29. The van der Waals surface area contributed by atoms with Gasteiger partial charge in [0.2, 0.25) is 0 Å². The standard InChI is InChI=1S/C10H16N2S2/c1-5-11-7(3)8(4)12(6-2)9(11)10(13)14/h5-6H2,1-4H3/p+1. The van der Waals surface area contributed by atoms with E-state index in [0.717, 1.165) is 18.9 Å². The SMILES string of the molecule is CCn1c(C)c(C)[n+](CC)c1C(=S)S. The number of aromatic nitrogens is 2. The van der Waals surface area contributed by atoms with Gasteiger partial charge < -0.3 is 0 Å². The Balaban J connectivity index is 3.49. The van der Waals surface area contributed by atoms with Gasteiger partial charge in [-0.2, -0.15) is 0 Å². The normalized spacial score (nSPS) is 10.6. The van der Waals surface area contributed by atoms with Crippen LogP contribution in [0.2, 0.25) is 0 Å². The van der Waals surface area contributed by atoms with Crippen LogP contribution < -0.4 is 4.57 Å². The molecule has 0 aliphatic heterocycles. The van der Waals surface area contributed by atoms with Gasteiger partial charge in [0.25, 0.3) is 0 Å². The summed E-state index contributed by atoms with van der Waals surface area (Å²) in [6.45, 7) is 10.4. The van der Waals surface area contributed by atoms with Crippen LogP contribution in [0, 0.1) is 13.8 Å². The summed E-state index contributed by atoms with van der Waals surface area (Å²) in [7, 11) is 0. The fraction of sp³-hybridized carbons (Fsp3) is 0.600. The van der Waals surface area contributed by atoms with Crippen molar-refractivity contribution in [3.63, 3.8) is 0 Å². The minimum atomic E-state index is 0.671. The molecule has 1 aromatic rings. The van der Waals surface area contributed by atoms with Crippen LogP contribution in [0.5, 0.6) is 0 Å². The van der Waals surface area contributed by atoms with Crippen molar-refractivity contribution < 1.29 is 4.57 Å². The lowest BCUT2D eigenvalue weighted by molar-refractivity contribution is -0.699. The predicted molar refractivity (Wildman–Crippen MR) is 66.1 cm³/mol. The molecule has 0 saturated heterocycles. The van der Waals surface area contributed by atoms with E-state index in [1.807, 2.05) is 0 Å². The predicted octanol–water partition coefficient (Wildman–Crippen LogP) is 2.04. The zero-order valence-electron chi connectivity index (χ0n) is 9.16. The quantitative estimate of drug-likeness (QED) is 0.474. The molecule has 0 fully saturated rings. The summed E-state index contributed by atoms with van der Waals surface area (Å²) in [6, 6.07) is 0. The van der Waals surface area contributed by atoms with Gasteiger partial charge in [0.1, 0.15) is 11.4 Å². The molecule has 0 aliphatic carbocycles. The van der Waals surface area contributed by atoms with Gasteiger partial charge in [0.15, 0.2) is 4.20 Å². The van der Waals surface area contributed by atoms with Crippen LogP contribution in [-0.2, 0) is 13.1 Å². The summed E-state index contributed by atoms with van der Waals surface area (Å²) in [5.74, 6) is 1.06. The van der Waals surface area contributed by atoms with E-state index in [4.69, 9.17) is 12.2 Å². The van der Waals surface area contributed by atoms with E-state index in [2.05, 4.69) is 49.5 Å². The Bertz CT molecular complexity index is 339. The summed E-state index contributed by atoms with van der Waals surface area (Å²) in [4.78, 5) is 0. The molecule has 1 aromatic heterocycles. The van der Waals surface area contributed by atoms with Crippen molar-refractivity contribution >= 4 is 29.0 Å². The average Bonchev–Trinajstić information content (AvgIpc) is 2.39. The summed E-state index contributed by atoms with van der Waals surface area (Å²) >= 11 is 9.45. The maximum Gasteiger partial charge on any atom is 0.306 e. The van der Waals surface area contributed by atoms with Crippen molar-refractivity contribution in [2.45, 2.75) is 40.8 Å². The van der Waals surface area contributed by atoms with Crippen molar-refractivity contribution in [2.24, 2.45) is 0 Å². The molecule has 0 amide bonds. The van der Waals surface area contributed by atoms with Gasteiger partial charge in [0, 0.05) is 13.8 Å². The topological polar surface area (TPSA) is 8.81 Å². The Kier molecular flexibility index (Phi) is 3.72. The lowest BCUT2D eigenvalue weighted by atomic mass is 10.3. The Morgan fingerprint density at radius 2 is 2.00 bits per heavy atom. The van der Waals surface area contributed by atoms with Crippen LogP contribution in [0.1, 0.15) is 31.1 Å². The molecule has 0 N–H and O–H groups in total. The first-order chi connectivity index (χ1) is 6.54. The summed E-state index contributed by atoms with van der Waals surface area (Å²) < 4.78 is 5.10. The van der Waals surface area contributed by atoms with E-state index in [1.54, 1.807) is 0 Å². The van der Waals surface area contributed by atoms with Crippen molar-refractivity contribution in [3.8, 4) is 0 Å². The van der Waals surface area contributed by atoms with E-state index in [1.165, 1.54) is 11.4 Å². The summed E-state index contributed by atoms with van der Waals surface area (Å²) in [5, 5.41) is 0. The molecular formula is C10H17N2S2+. The van der Waals surface area contributed by atoms with Crippen molar-refractivity contribution in [1.29, 1.82) is 0 Å². The van der Waals surface area contributed by atoms with E-state index in [9.17, 15) is 0 Å². The zero-order chi connectivity index (χ0) is 10.9. The molecule has 4 heteroatoms. The lowest BCUT2D eigenvalue weighted by Gasteiger charge is -1.99. The van der Waals surface area contributed by atoms with Crippen LogP contribution >= 0.6 is 24.8 Å². The largest absolute Gasteiger partial charge is 0.306 e. The molecule has 14 heavy (non-hydrogen) atoms. The maximum absolute atomic E-state index is 5.17. The van der Waals surface area contributed by atoms with Gasteiger partial charge >= 0.3 is 5.82 Å². The molecular weight excluding hydrogens is 212 g/mol. The number of hydrogen-bond acceptors (Lipinski definition) is 1. The molecule has 1 rings (SSSR count). The third kappa shape index (κ3) is 1.73. The molecule has 0 radical (unpaired) electrons. The average molecular weight is 229 g/mol. The van der Waals surface area contributed by atoms with Gasteiger partial charge in [-0.25, -0.2) is 9.13 Å². The Labute approximate surface area is 96.3 Å². The van der Waals surface area contributed by atoms with Crippen LogP contribution in [0.3, 0.4) is 0 Å². The number of thiol groups is 1. The van der Waals surface area contributed by atoms with Crippen LogP contribution in [0.15, 0.2) is 0 Å². The first-order valence-electron chi connectivity index (χ1n) is 4.87. The van der Waals surface area contributed by atoms with Crippen molar-refractivity contribution in [1.82, 2.24) is 4.57 Å². The molecule has 2 nitrogen and oxygen atoms in total. The third-order valence-corrected chi connectivity index (χ3v) is 3.05. The fourth-order valence-electron chi connectivity index (χ4n) is 1.86. The summed E-state index contributed by atoms with van der Waals surface area (Å²) in [5.41, 5.74) is 2.56. The number of nitrogens with zero attached hydrogens (tertiary/aromatic N) is 2. The van der Waals surface area contributed by atoms with Crippen molar-refractivity contribution in [3.05, 3.63) is 17.2 Å². The number of thiocarbonyl (C=S) groups is 1. The molecule has 0 aromatic carbocycles. The van der Waals surface area contributed by atoms with Crippen molar-refractivity contribution in [2.75, 3.05) is 0 Å². The second kappa shape index (κ2) is 4.45. The minimum absolute atomic E-state index is 0.671. The van der Waals surface area contributed by atoms with Gasteiger partial charge in [-0.05, 0) is 13.8 Å². The summed E-state index contributed by atoms with van der Waals surface area (Å²) in [6.07, 6.45) is 0. The van der Waals surface area contributed by atoms with E-state index < -0.39 is 0 Å². The number of imidazole rings is 1.